The lowest BCUT2D eigenvalue weighted by Crippen LogP contribution is -2.43. The summed E-state index contributed by atoms with van der Waals surface area (Å²) in [5.74, 6) is 1.32. The summed E-state index contributed by atoms with van der Waals surface area (Å²) in [6.45, 7) is 2.32. The number of benzene rings is 2. The van der Waals surface area contributed by atoms with Gasteiger partial charge in [-0.2, -0.15) is 0 Å². The Balaban J connectivity index is 1.64. The molecule has 4 rings (SSSR count). The largest absolute Gasteiger partial charge is 0.573 e. The third-order valence-corrected chi connectivity index (χ3v) is 6.29. The van der Waals surface area contributed by atoms with Gasteiger partial charge in [-0.3, -0.25) is 4.98 Å². The van der Waals surface area contributed by atoms with Crippen LogP contribution in [-0.2, 0) is 6.54 Å². The molecule has 0 radical (unpaired) electrons. The van der Waals surface area contributed by atoms with E-state index in [1.165, 1.54) is 12.1 Å². The Morgan fingerprint density at radius 3 is 2.14 bits per heavy atom. The van der Waals surface area contributed by atoms with Crippen LogP contribution in [0.1, 0.15) is 18.4 Å². The van der Waals surface area contributed by atoms with Crippen molar-refractivity contribution in [2.45, 2.75) is 31.8 Å². The van der Waals surface area contributed by atoms with Gasteiger partial charge >= 0.3 is 6.36 Å². The molecule has 0 unspecified atom stereocenters. The van der Waals surface area contributed by atoms with E-state index < -0.39 is 6.36 Å². The molecule has 0 atom stereocenters. The highest BCUT2D eigenvalue weighted by Gasteiger charge is 2.31. The van der Waals surface area contributed by atoms with Crippen LogP contribution in [0.3, 0.4) is 0 Å². The minimum atomic E-state index is -4.73. The van der Waals surface area contributed by atoms with Crippen LogP contribution in [0.2, 0.25) is 0 Å². The van der Waals surface area contributed by atoms with Crippen LogP contribution in [-0.4, -0.2) is 51.8 Å². The molecule has 37 heavy (non-hydrogen) atoms. The van der Waals surface area contributed by atoms with Crippen LogP contribution in [0.4, 0.5) is 18.9 Å². The highest BCUT2D eigenvalue weighted by molar-refractivity contribution is 5.69. The molecule has 10 heteroatoms. The van der Waals surface area contributed by atoms with Crippen molar-refractivity contribution in [2.24, 2.45) is 0 Å². The van der Waals surface area contributed by atoms with Crippen LogP contribution >= 0.6 is 0 Å². The number of rotatable bonds is 9. The van der Waals surface area contributed by atoms with Gasteiger partial charge < -0.3 is 29.2 Å². The Hall–Kier alpha value is -3.66. The lowest BCUT2D eigenvalue weighted by atomic mass is 10.0. The molecule has 0 bridgehead atoms. The number of aromatic nitrogens is 1. The second-order valence-electron chi connectivity index (χ2n) is 8.61. The molecule has 1 saturated heterocycles. The zero-order valence-electron chi connectivity index (χ0n) is 21.0. The van der Waals surface area contributed by atoms with Gasteiger partial charge in [0.05, 0.1) is 27.0 Å². The maximum atomic E-state index is 12.6. The van der Waals surface area contributed by atoms with Crippen molar-refractivity contribution in [1.29, 1.82) is 0 Å². The second-order valence-corrected chi connectivity index (χ2v) is 8.61. The molecule has 1 aromatic heterocycles. The van der Waals surface area contributed by atoms with Crippen LogP contribution in [0.5, 0.6) is 23.0 Å². The summed E-state index contributed by atoms with van der Waals surface area (Å²) < 4.78 is 58.3. The molecule has 1 aliphatic rings. The lowest BCUT2D eigenvalue weighted by molar-refractivity contribution is -0.274. The van der Waals surface area contributed by atoms with Crippen LogP contribution in [0.25, 0.3) is 11.3 Å². The monoisotopic (exact) mass is 517 g/mol. The first-order valence-corrected chi connectivity index (χ1v) is 11.9. The molecular formula is C27H30F3N3O4. The van der Waals surface area contributed by atoms with Crippen molar-refractivity contribution in [2.75, 3.05) is 39.3 Å². The van der Waals surface area contributed by atoms with Gasteiger partial charge in [-0.15, -0.1) is 13.2 Å². The first-order chi connectivity index (χ1) is 17.8. The molecule has 198 valence electrons. The van der Waals surface area contributed by atoms with E-state index in [1.54, 1.807) is 39.7 Å². The van der Waals surface area contributed by atoms with E-state index in [2.05, 4.69) is 19.9 Å². The molecule has 0 amide bonds. The number of anilines is 1. The van der Waals surface area contributed by atoms with Gasteiger partial charge in [0.15, 0.2) is 11.5 Å². The standard InChI is InChI=1S/C27H30F3N3O4/c1-34-24-15-19(16-25(35-2)26(24)36-3)23-14-18(8-13-32-23)17-33(21-9-11-31-12-10-21)20-4-6-22(7-5-20)37-27(28,29)30/h4-8,13-16,21,31H,9-12,17H2,1-3H3. The van der Waals surface area contributed by atoms with E-state index in [0.717, 1.165) is 48.4 Å². The van der Waals surface area contributed by atoms with E-state index in [9.17, 15) is 13.2 Å². The summed E-state index contributed by atoms with van der Waals surface area (Å²) in [5, 5.41) is 3.37. The predicted molar refractivity (Wildman–Crippen MR) is 135 cm³/mol. The number of nitrogens with zero attached hydrogens (tertiary/aromatic N) is 2. The molecule has 0 spiro atoms. The van der Waals surface area contributed by atoms with Gasteiger partial charge in [-0.05, 0) is 80.0 Å². The van der Waals surface area contributed by atoms with Crippen LogP contribution in [0.15, 0.2) is 54.7 Å². The van der Waals surface area contributed by atoms with Gasteiger partial charge in [0.1, 0.15) is 5.75 Å². The summed E-state index contributed by atoms with van der Waals surface area (Å²) >= 11 is 0. The van der Waals surface area contributed by atoms with E-state index in [4.69, 9.17) is 14.2 Å². The van der Waals surface area contributed by atoms with Gasteiger partial charge in [0, 0.05) is 30.0 Å². The van der Waals surface area contributed by atoms with Gasteiger partial charge in [-0.1, -0.05) is 0 Å². The maximum Gasteiger partial charge on any atom is 0.573 e. The topological polar surface area (TPSA) is 65.1 Å². The molecule has 7 nitrogen and oxygen atoms in total. The van der Waals surface area contributed by atoms with E-state index >= 15 is 0 Å². The Labute approximate surface area is 214 Å². The van der Waals surface area contributed by atoms with Gasteiger partial charge in [0.25, 0.3) is 0 Å². The number of hydrogen-bond donors (Lipinski definition) is 1. The third-order valence-electron chi connectivity index (χ3n) is 6.29. The summed E-state index contributed by atoms with van der Waals surface area (Å²) in [4.78, 5) is 6.78. The molecule has 1 fully saturated rings. The van der Waals surface area contributed by atoms with Crippen molar-refractivity contribution < 1.29 is 32.1 Å². The zero-order chi connectivity index (χ0) is 26.4. The fourth-order valence-electron chi connectivity index (χ4n) is 4.55. The van der Waals surface area contributed by atoms with Crippen molar-refractivity contribution in [3.63, 3.8) is 0 Å². The number of pyridine rings is 1. The smallest absolute Gasteiger partial charge is 0.493 e. The van der Waals surface area contributed by atoms with Gasteiger partial charge in [0.2, 0.25) is 5.75 Å². The summed E-state index contributed by atoms with van der Waals surface area (Å²) in [5.41, 5.74) is 3.37. The average Bonchev–Trinajstić information content (AvgIpc) is 2.91. The number of alkyl halides is 3. The second kappa shape index (κ2) is 11.6. The number of nitrogens with one attached hydrogen (secondary N) is 1. The van der Waals surface area contributed by atoms with Crippen molar-refractivity contribution >= 4 is 5.69 Å². The van der Waals surface area contributed by atoms with Crippen molar-refractivity contribution in [3.8, 4) is 34.3 Å². The predicted octanol–water partition coefficient (Wildman–Crippen LogP) is 5.43. The Bertz CT molecular complexity index is 1160. The third kappa shape index (κ3) is 6.56. The number of hydrogen-bond acceptors (Lipinski definition) is 7. The normalized spacial score (nSPS) is 14.2. The number of halogens is 3. The van der Waals surface area contributed by atoms with E-state index in [1.807, 2.05) is 24.3 Å². The molecule has 1 N–H and O–H groups in total. The summed E-state index contributed by atoms with van der Waals surface area (Å²) in [6, 6.07) is 13.9. The molecule has 2 heterocycles. The molecule has 1 aliphatic heterocycles. The van der Waals surface area contributed by atoms with Crippen LogP contribution < -0.4 is 29.2 Å². The maximum absolute atomic E-state index is 12.6. The average molecular weight is 518 g/mol. The highest BCUT2D eigenvalue weighted by Crippen LogP contribution is 2.41. The number of methoxy groups -OCH3 is 3. The van der Waals surface area contributed by atoms with Crippen molar-refractivity contribution in [3.05, 3.63) is 60.3 Å². The number of ether oxygens (including phenoxy) is 4. The Morgan fingerprint density at radius 1 is 0.919 bits per heavy atom. The zero-order valence-corrected chi connectivity index (χ0v) is 21.0. The molecule has 0 aliphatic carbocycles. The van der Waals surface area contributed by atoms with E-state index in [0.29, 0.717) is 23.8 Å². The van der Waals surface area contributed by atoms with E-state index in [-0.39, 0.29) is 11.8 Å². The first-order valence-electron chi connectivity index (χ1n) is 11.9. The van der Waals surface area contributed by atoms with Gasteiger partial charge in [-0.25, -0.2) is 0 Å². The molecule has 2 aromatic carbocycles. The molecule has 3 aromatic rings. The molecule has 0 saturated carbocycles. The SMILES string of the molecule is COc1cc(-c2cc(CN(c3ccc(OC(F)(F)F)cc3)C3CCNCC3)ccn2)cc(OC)c1OC. The summed E-state index contributed by atoms with van der Waals surface area (Å²) in [7, 11) is 4.68. The fraction of sp³-hybridized carbons (Fsp3) is 0.370. The van der Waals surface area contributed by atoms with Crippen molar-refractivity contribution in [1.82, 2.24) is 10.3 Å². The molecular weight excluding hydrogens is 487 g/mol. The highest BCUT2D eigenvalue weighted by atomic mass is 19.4. The Kier molecular flexibility index (Phi) is 8.27. The minimum absolute atomic E-state index is 0.230. The summed E-state index contributed by atoms with van der Waals surface area (Å²) in [6.07, 6.45) is -1.14. The Morgan fingerprint density at radius 2 is 1.57 bits per heavy atom. The first kappa shape index (κ1) is 26.4. The number of piperidine rings is 1. The lowest BCUT2D eigenvalue weighted by Gasteiger charge is -2.36. The minimum Gasteiger partial charge on any atom is -0.493 e. The quantitative estimate of drug-likeness (QED) is 0.406. The van der Waals surface area contributed by atoms with Crippen LogP contribution in [0, 0.1) is 0 Å². The fourth-order valence-corrected chi connectivity index (χ4v) is 4.55.